The van der Waals surface area contributed by atoms with Gasteiger partial charge in [-0.3, -0.25) is 9.59 Å². The summed E-state index contributed by atoms with van der Waals surface area (Å²) in [5.74, 6) is -0.812. The Balaban J connectivity index is 2.23. The van der Waals surface area contributed by atoms with Gasteiger partial charge in [0.05, 0.1) is 13.2 Å². The minimum Gasteiger partial charge on any atom is -0.462 e. The van der Waals surface area contributed by atoms with Crippen LogP contribution in [0.15, 0.2) is 24.3 Å². The third-order valence-corrected chi connectivity index (χ3v) is 11.8. The van der Waals surface area contributed by atoms with Crippen molar-refractivity contribution in [1.82, 2.24) is 0 Å². The molecule has 0 spiro atoms. The molecule has 10 nitrogen and oxygen atoms in total. The summed E-state index contributed by atoms with van der Waals surface area (Å²) in [5.41, 5.74) is 0. The van der Waals surface area contributed by atoms with E-state index in [4.69, 9.17) is 18.9 Å². The minimum absolute atomic E-state index is 0.217. The molecule has 0 aromatic carbocycles. The zero-order valence-electron chi connectivity index (χ0n) is 39.2. The number of rotatable bonds is 43. The summed E-state index contributed by atoms with van der Waals surface area (Å²) in [5, 5.41) is 40.1. The molecule has 0 bridgehead atoms. The van der Waals surface area contributed by atoms with E-state index < -0.39 is 49.4 Å². The summed E-state index contributed by atoms with van der Waals surface area (Å²) in [6.07, 6.45) is 40.5. The van der Waals surface area contributed by atoms with Crippen LogP contribution in [0.2, 0.25) is 0 Å². The van der Waals surface area contributed by atoms with Gasteiger partial charge in [-0.05, 0) is 38.5 Å². The highest BCUT2D eigenvalue weighted by molar-refractivity contribution is 5.70. The molecular formula is C51H94O10. The van der Waals surface area contributed by atoms with Crippen LogP contribution in [0.5, 0.6) is 0 Å². The molecule has 6 atom stereocenters. The van der Waals surface area contributed by atoms with Gasteiger partial charge in [0.15, 0.2) is 12.4 Å². The van der Waals surface area contributed by atoms with E-state index >= 15 is 0 Å². The summed E-state index contributed by atoms with van der Waals surface area (Å²) < 4.78 is 22.2. The first-order valence-corrected chi connectivity index (χ1v) is 25.4. The molecule has 1 saturated heterocycles. The molecule has 0 aromatic heterocycles. The van der Waals surface area contributed by atoms with Crippen LogP contribution in [0.4, 0.5) is 0 Å². The molecule has 1 aliphatic rings. The van der Waals surface area contributed by atoms with E-state index in [2.05, 4.69) is 38.2 Å². The summed E-state index contributed by atoms with van der Waals surface area (Å²) in [4.78, 5) is 25.4. The Morgan fingerprint density at radius 2 is 0.934 bits per heavy atom. The standard InChI is InChI=1S/C51H94O10/c1-3-5-7-9-11-13-15-17-19-20-21-22-23-24-25-26-28-29-31-33-35-37-39-46(53)58-42-44(43-59-51-50(57)49(56)48(55)45(41-52)61-51)60-47(54)40-38-36-34-32-30-27-18-16-14-12-10-8-6-4-2/h10,12,16,18,44-45,48-52,55-57H,3-9,11,13-15,17,19-43H2,1-2H3/b12-10-,18-16-. The van der Waals surface area contributed by atoms with Gasteiger partial charge in [0.25, 0.3) is 0 Å². The molecular weight excluding hydrogens is 773 g/mol. The SMILES string of the molecule is CCCC/C=C\C/C=C\CCCCCCCC(=O)OC(COC(=O)CCCCCCCCCCCCCCCCCCCCCCCC)COC1OC(CO)C(O)C(O)C1O. The zero-order chi connectivity index (χ0) is 44.4. The molecule has 1 aliphatic heterocycles. The number of hydrogen-bond acceptors (Lipinski definition) is 10. The van der Waals surface area contributed by atoms with E-state index in [1.165, 1.54) is 135 Å². The van der Waals surface area contributed by atoms with Crippen LogP contribution in [-0.4, -0.2) is 89.0 Å². The quantitative estimate of drug-likeness (QED) is 0.0265. The lowest BCUT2D eigenvalue weighted by Crippen LogP contribution is -2.59. The number of ether oxygens (including phenoxy) is 4. The summed E-state index contributed by atoms with van der Waals surface area (Å²) in [7, 11) is 0. The Morgan fingerprint density at radius 1 is 0.508 bits per heavy atom. The Morgan fingerprint density at radius 3 is 1.41 bits per heavy atom. The molecule has 6 unspecified atom stereocenters. The van der Waals surface area contributed by atoms with Gasteiger partial charge in [-0.2, -0.15) is 0 Å². The average Bonchev–Trinajstić information content (AvgIpc) is 3.26. The van der Waals surface area contributed by atoms with E-state index in [1.807, 2.05) is 0 Å². The van der Waals surface area contributed by atoms with Gasteiger partial charge in [-0.15, -0.1) is 0 Å². The van der Waals surface area contributed by atoms with Crippen molar-refractivity contribution in [3.63, 3.8) is 0 Å². The van der Waals surface area contributed by atoms with Gasteiger partial charge in [0.2, 0.25) is 0 Å². The Kier molecular flexibility index (Phi) is 39.5. The predicted molar refractivity (Wildman–Crippen MR) is 247 cm³/mol. The number of hydrogen-bond donors (Lipinski definition) is 4. The van der Waals surface area contributed by atoms with Crippen molar-refractivity contribution in [1.29, 1.82) is 0 Å². The number of carbonyl (C=O) groups excluding carboxylic acids is 2. The largest absolute Gasteiger partial charge is 0.462 e. The van der Waals surface area contributed by atoms with Crippen LogP contribution < -0.4 is 0 Å². The number of aliphatic hydroxyl groups is 4. The van der Waals surface area contributed by atoms with E-state index in [-0.39, 0.29) is 32.0 Å². The first-order valence-electron chi connectivity index (χ1n) is 25.4. The number of carbonyl (C=O) groups is 2. The monoisotopic (exact) mass is 867 g/mol. The normalized spacial score (nSPS) is 19.9. The highest BCUT2D eigenvalue weighted by atomic mass is 16.7. The van der Waals surface area contributed by atoms with Crippen LogP contribution >= 0.6 is 0 Å². The maximum atomic E-state index is 12.8. The van der Waals surface area contributed by atoms with Crippen LogP contribution in [0, 0.1) is 0 Å². The molecule has 1 fully saturated rings. The van der Waals surface area contributed by atoms with Crippen LogP contribution in [0.3, 0.4) is 0 Å². The fourth-order valence-corrected chi connectivity index (χ4v) is 7.79. The highest BCUT2D eigenvalue weighted by Gasteiger charge is 2.44. The Hall–Kier alpha value is -1.82. The third kappa shape index (κ3) is 33.4. The lowest BCUT2D eigenvalue weighted by Gasteiger charge is -2.39. The average molecular weight is 867 g/mol. The molecule has 0 saturated carbocycles. The smallest absolute Gasteiger partial charge is 0.306 e. The van der Waals surface area contributed by atoms with Gasteiger partial charge in [-0.1, -0.05) is 205 Å². The summed E-state index contributed by atoms with van der Waals surface area (Å²) in [6, 6.07) is 0. The predicted octanol–water partition coefficient (Wildman–Crippen LogP) is 11.7. The lowest BCUT2D eigenvalue weighted by molar-refractivity contribution is -0.305. The molecule has 1 rings (SSSR count). The van der Waals surface area contributed by atoms with Gasteiger partial charge in [-0.25, -0.2) is 0 Å². The first-order chi connectivity index (χ1) is 29.8. The van der Waals surface area contributed by atoms with Crippen LogP contribution in [0.1, 0.15) is 232 Å². The van der Waals surface area contributed by atoms with E-state index in [0.717, 1.165) is 64.2 Å². The van der Waals surface area contributed by atoms with Gasteiger partial charge < -0.3 is 39.4 Å². The van der Waals surface area contributed by atoms with Crippen molar-refractivity contribution in [2.45, 2.75) is 269 Å². The molecule has 358 valence electrons. The number of aliphatic hydroxyl groups excluding tert-OH is 4. The molecule has 10 heteroatoms. The van der Waals surface area contributed by atoms with Gasteiger partial charge in [0, 0.05) is 12.8 Å². The molecule has 61 heavy (non-hydrogen) atoms. The molecule has 0 aliphatic carbocycles. The van der Waals surface area contributed by atoms with Crippen LogP contribution in [-0.2, 0) is 28.5 Å². The van der Waals surface area contributed by atoms with Crippen molar-refractivity contribution < 1.29 is 49.0 Å². The third-order valence-electron chi connectivity index (χ3n) is 11.8. The first kappa shape index (κ1) is 57.2. The zero-order valence-corrected chi connectivity index (χ0v) is 39.2. The van der Waals surface area contributed by atoms with Gasteiger partial charge in [0.1, 0.15) is 31.0 Å². The second-order valence-electron chi connectivity index (χ2n) is 17.6. The van der Waals surface area contributed by atoms with Crippen molar-refractivity contribution in [2.75, 3.05) is 19.8 Å². The maximum Gasteiger partial charge on any atom is 0.306 e. The molecule has 4 N–H and O–H groups in total. The Bertz CT molecular complexity index is 1050. The van der Waals surface area contributed by atoms with Crippen molar-refractivity contribution >= 4 is 11.9 Å². The fourth-order valence-electron chi connectivity index (χ4n) is 7.79. The number of unbranched alkanes of at least 4 members (excludes halogenated alkanes) is 28. The van der Waals surface area contributed by atoms with E-state index in [9.17, 15) is 30.0 Å². The van der Waals surface area contributed by atoms with Crippen LogP contribution in [0.25, 0.3) is 0 Å². The second kappa shape index (κ2) is 42.1. The van der Waals surface area contributed by atoms with Crippen molar-refractivity contribution in [3.8, 4) is 0 Å². The molecule has 0 aromatic rings. The molecule has 0 amide bonds. The van der Waals surface area contributed by atoms with Gasteiger partial charge >= 0.3 is 11.9 Å². The Labute approximate surface area is 373 Å². The van der Waals surface area contributed by atoms with E-state index in [1.54, 1.807) is 0 Å². The number of allylic oxidation sites excluding steroid dienone is 4. The topological polar surface area (TPSA) is 152 Å². The summed E-state index contributed by atoms with van der Waals surface area (Å²) >= 11 is 0. The maximum absolute atomic E-state index is 12.8. The van der Waals surface area contributed by atoms with E-state index in [0.29, 0.717) is 6.42 Å². The molecule has 1 heterocycles. The fraction of sp³-hybridized carbons (Fsp3) is 0.882. The minimum atomic E-state index is -1.60. The second-order valence-corrected chi connectivity index (χ2v) is 17.6. The van der Waals surface area contributed by atoms with Crippen molar-refractivity contribution in [3.05, 3.63) is 24.3 Å². The summed E-state index contributed by atoms with van der Waals surface area (Å²) in [6.45, 7) is 3.40. The van der Waals surface area contributed by atoms with Crippen molar-refractivity contribution in [2.24, 2.45) is 0 Å². The number of esters is 2. The highest BCUT2D eigenvalue weighted by Crippen LogP contribution is 2.23. The molecule has 0 radical (unpaired) electrons. The lowest BCUT2D eigenvalue weighted by atomic mass is 9.99.